The van der Waals surface area contributed by atoms with E-state index in [0.717, 1.165) is 12.1 Å². The largest absolute Gasteiger partial charge is 0.389 e. The molecule has 4 nitrogen and oxygen atoms in total. The highest BCUT2D eigenvalue weighted by Crippen LogP contribution is 2.19. The summed E-state index contributed by atoms with van der Waals surface area (Å²) in [6.45, 7) is 6.42. The first-order chi connectivity index (χ1) is 10.9. The molecule has 2 rings (SSSR count). The van der Waals surface area contributed by atoms with E-state index in [-0.39, 0.29) is 0 Å². The van der Waals surface area contributed by atoms with Gasteiger partial charge in [-0.05, 0) is 25.0 Å². The number of hydrogen-bond acceptors (Lipinski definition) is 3. The summed E-state index contributed by atoms with van der Waals surface area (Å²) >= 11 is 0. The van der Waals surface area contributed by atoms with E-state index < -0.39 is 28.7 Å². The van der Waals surface area contributed by atoms with Gasteiger partial charge in [-0.1, -0.05) is 19.9 Å². The molecule has 1 amide bonds. The molecule has 1 saturated heterocycles. The van der Waals surface area contributed by atoms with Gasteiger partial charge in [-0.25, -0.2) is 8.78 Å². The fourth-order valence-corrected chi connectivity index (χ4v) is 2.86. The van der Waals surface area contributed by atoms with Gasteiger partial charge in [0.25, 0.3) is 5.91 Å². The Labute approximate surface area is 135 Å². The van der Waals surface area contributed by atoms with Crippen molar-refractivity contribution in [1.29, 1.82) is 0 Å². The van der Waals surface area contributed by atoms with Gasteiger partial charge in [-0.3, -0.25) is 9.69 Å². The zero-order valence-electron chi connectivity index (χ0n) is 13.7. The van der Waals surface area contributed by atoms with Gasteiger partial charge < -0.3 is 10.0 Å². The zero-order chi connectivity index (χ0) is 17.0. The lowest BCUT2D eigenvalue weighted by atomic mass is 9.96. The minimum Gasteiger partial charge on any atom is -0.389 e. The standard InChI is InChI=1S/C17H24F2N2O2/c1-3-17(23,4-2)12-20-8-10-21(11-9-20)16(22)15-13(18)6-5-7-14(15)19/h5-7,23H,3-4,8-12H2,1-2H3. The number of rotatable bonds is 5. The molecule has 1 aromatic rings. The maximum absolute atomic E-state index is 13.7. The van der Waals surface area contributed by atoms with Gasteiger partial charge in [0.15, 0.2) is 0 Å². The van der Waals surface area contributed by atoms with Crippen molar-refractivity contribution in [3.05, 3.63) is 35.4 Å². The summed E-state index contributed by atoms with van der Waals surface area (Å²) < 4.78 is 27.4. The number of aliphatic hydroxyl groups is 1. The van der Waals surface area contributed by atoms with Crippen LogP contribution in [0.5, 0.6) is 0 Å². The van der Waals surface area contributed by atoms with E-state index in [4.69, 9.17) is 0 Å². The van der Waals surface area contributed by atoms with Crippen LogP contribution in [0.4, 0.5) is 8.78 Å². The van der Waals surface area contributed by atoms with Crippen molar-refractivity contribution in [1.82, 2.24) is 9.80 Å². The van der Waals surface area contributed by atoms with Crippen LogP contribution in [0, 0.1) is 11.6 Å². The van der Waals surface area contributed by atoms with E-state index in [0.29, 0.717) is 45.6 Å². The second-order valence-electron chi connectivity index (χ2n) is 6.10. The predicted molar refractivity (Wildman–Crippen MR) is 84.2 cm³/mol. The number of nitrogens with zero attached hydrogens (tertiary/aromatic N) is 2. The number of carbonyl (C=O) groups is 1. The van der Waals surface area contributed by atoms with E-state index in [9.17, 15) is 18.7 Å². The molecule has 1 fully saturated rings. The average Bonchev–Trinajstić information content (AvgIpc) is 2.55. The van der Waals surface area contributed by atoms with Gasteiger partial charge in [0, 0.05) is 32.7 Å². The van der Waals surface area contributed by atoms with Crippen LogP contribution in [-0.2, 0) is 0 Å². The van der Waals surface area contributed by atoms with Crippen LogP contribution in [0.3, 0.4) is 0 Å². The van der Waals surface area contributed by atoms with Gasteiger partial charge in [0.2, 0.25) is 0 Å². The summed E-state index contributed by atoms with van der Waals surface area (Å²) in [7, 11) is 0. The Kier molecular flexibility index (Phi) is 5.70. The number of amides is 1. The Morgan fingerprint density at radius 3 is 2.13 bits per heavy atom. The highest BCUT2D eigenvalue weighted by Gasteiger charge is 2.30. The molecule has 23 heavy (non-hydrogen) atoms. The minimum absolute atomic E-state index is 0.399. The zero-order valence-corrected chi connectivity index (χ0v) is 13.7. The number of benzene rings is 1. The lowest BCUT2D eigenvalue weighted by Gasteiger charge is -2.39. The SMILES string of the molecule is CCC(O)(CC)CN1CCN(C(=O)c2c(F)cccc2F)CC1. The number of β-amino-alcohol motifs (C(OH)–C–C–N with tert-alkyl or cyclic N) is 1. The van der Waals surface area contributed by atoms with E-state index in [1.54, 1.807) is 0 Å². The van der Waals surface area contributed by atoms with Crippen molar-refractivity contribution >= 4 is 5.91 Å². The second-order valence-corrected chi connectivity index (χ2v) is 6.10. The molecular weight excluding hydrogens is 302 g/mol. The molecule has 0 radical (unpaired) electrons. The van der Waals surface area contributed by atoms with Crippen LogP contribution in [-0.4, -0.2) is 59.1 Å². The normalized spacial score (nSPS) is 16.7. The Bertz CT molecular complexity index is 533. The first-order valence-corrected chi connectivity index (χ1v) is 8.08. The maximum atomic E-state index is 13.7. The third-order valence-corrected chi connectivity index (χ3v) is 4.67. The smallest absolute Gasteiger partial charge is 0.259 e. The Hall–Kier alpha value is -1.53. The predicted octanol–water partition coefficient (Wildman–Crippen LogP) is 2.27. The fourth-order valence-electron chi connectivity index (χ4n) is 2.86. The van der Waals surface area contributed by atoms with Crippen LogP contribution >= 0.6 is 0 Å². The molecule has 1 N–H and O–H groups in total. The third kappa shape index (κ3) is 4.06. The lowest BCUT2D eigenvalue weighted by molar-refractivity contribution is -0.0140. The molecule has 128 valence electrons. The molecule has 0 atom stereocenters. The molecule has 0 aromatic heterocycles. The first-order valence-electron chi connectivity index (χ1n) is 8.08. The van der Waals surface area contributed by atoms with E-state index >= 15 is 0 Å². The summed E-state index contributed by atoms with van der Waals surface area (Å²) in [5.74, 6) is -2.27. The van der Waals surface area contributed by atoms with Crippen molar-refractivity contribution in [3.8, 4) is 0 Å². The topological polar surface area (TPSA) is 43.8 Å². The molecule has 0 spiro atoms. The molecule has 0 bridgehead atoms. The minimum atomic E-state index is -0.830. The van der Waals surface area contributed by atoms with Crippen molar-refractivity contribution in [2.45, 2.75) is 32.3 Å². The van der Waals surface area contributed by atoms with Crippen LogP contribution in [0.2, 0.25) is 0 Å². The Morgan fingerprint density at radius 2 is 1.65 bits per heavy atom. The maximum Gasteiger partial charge on any atom is 0.259 e. The van der Waals surface area contributed by atoms with Crippen LogP contribution in [0.25, 0.3) is 0 Å². The fraction of sp³-hybridized carbons (Fsp3) is 0.588. The van der Waals surface area contributed by atoms with Crippen LogP contribution < -0.4 is 0 Å². The number of halogens is 2. The van der Waals surface area contributed by atoms with Gasteiger partial charge >= 0.3 is 0 Å². The molecule has 1 heterocycles. The quantitative estimate of drug-likeness (QED) is 0.903. The van der Waals surface area contributed by atoms with E-state index in [1.807, 2.05) is 13.8 Å². The monoisotopic (exact) mass is 326 g/mol. The second kappa shape index (κ2) is 7.36. The average molecular weight is 326 g/mol. The molecule has 6 heteroatoms. The third-order valence-electron chi connectivity index (χ3n) is 4.67. The number of hydrogen-bond donors (Lipinski definition) is 1. The molecule has 0 aliphatic carbocycles. The highest BCUT2D eigenvalue weighted by atomic mass is 19.1. The van der Waals surface area contributed by atoms with Gasteiger partial charge in [-0.2, -0.15) is 0 Å². The Morgan fingerprint density at radius 1 is 1.13 bits per heavy atom. The lowest BCUT2D eigenvalue weighted by Crippen LogP contribution is -2.53. The summed E-state index contributed by atoms with van der Waals surface area (Å²) in [4.78, 5) is 15.9. The molecule has 0 saturated carbocycles. The Balaban J connectivity index is 1.98. The van der Waals surface area contributed by atoms with E-state index in [1.165, 1.54) is 11.0 Å². The van der Waals surface area contributed by atoms with Crippen molar-refractivity contribution in [3.63, 3.8) is 0 Å². The van der Waals surface area contributed by atoms with Crippen LogP contribution in [0.1, 0.15) is 37.0 Å². The molecule has 1 aliphatic heterocycles. The molecule has 0 unspecified atom stereocenters. The summed E-state index contributed by atoms with van der Waals surface area (Å²) in [6, 6.07) is 3.43. The van der Waals surface area contributed by atoms with Crippen LogP contribution in [0.15, 0.2) is 18.2 Å². The summed E-state index contributed by atoms with van der Waals surface area (Å²) in [5, 5.41) is 10.4. The molecule has 1 aromatic carbocycles. The van der Waals surface area contributed by atoms with Gasteiger partial charge in [-0.15, -0.1) is 0 Å². The van der Waals surface area contributed by atoms with Crippen molar-refractivity contribution in [2.75, 3.05) is 32.7 Å². The molecular formula is C17H24F2N2O2. The number of piperazine rings is 1. The summed E-state index contributed by atoms with van der Waals surface area (Å²) in [6.07, 6.45) is 1.34. The first kappa shape index (κ1) is 17.8. The molecule has 1 aliphatic rings. The van der Waals surface area contributed by atoms with Gasteiger partial charge in [0.1, 0.15) is 17.2 Å². The van der Waals surface area contributed by atoms with Crippen molar-refractivity contribution in [2.24, 2.45) is 0 Å². The van der Waals surface area contributed by atoms with E-state index in [2.05, 4.69) is 4.90 Å². The van der Waals surface area contributed by atoms with Gasteiger partial charge in [0.05, 0.1) is 5.60 Å². The highest BCUT2D eigenvalue weighted by molar-refractivity contribution is 5.94. The van der Waals surface area contributed by atoms with Crippen molar-refractivity contribution < 1.29 is 18.7 Å². The summed E-state index contributed by atoms with van der Waals surface area (Å²) in [5.41, 5.74) is -1.20. The number of carbonyl (C=O) groups excluding carboxylic acids is 1.